The molecule has 10 rings (SSSR count). The van der Waals surface area contributed by atoms with Gasteiger partial charge in [-0.3, -0.25) is 0 Å². The molecule has 0 amide bonds. The Balaban J connectivity index is 1.21. The Hall–Kier alpha value is -5.18. The van der Waals surface area contributed by atoms with E-state index in [-0.39, 0.29) is 10.8 Å². The highest BCUT2D eigenvalue weighted by molar-refractivity contribution is 7.25. The molecule has 0 bridgehead atoms. The minimum atomic E-state index is -0.0725. The number of hydrogen-bond donors (Lipinski definition) is 0. The van der Waals surface area contributed by atoms with Crippen LogP contribution in [-0.4, -0.2) is 0 Å². The van der Waals surface area contributed by atoms with Gasteiger partial charge in [0.2, 0.25) is 0 Å². The average Bonchev–Trinajstić information content (AvgIpc) is 3.66. The molecule has 0 saturated carbocycles. The molecule has 0 spiro atoms. The Labute approximate surface area is 285 Å². The van der Waals surface area contributed by atoms with Gasteiger partial charge in [-0.25, -0.2) is 0 Å². The third-order valence-electron chi connectivity index (χ3n) is 11.2. The van der Waals surface area contributed by atoms with E-state index < -0.39 is 0 Å². The van der Waals surface area contributed by atoms with Crippen molar-refractivity contribution in [1.82, 2.24) is 0 Å². The minimum absolute atomic E-state index is 0.0308. The van der Waals surface area contributed by atoms with E-state index in [0.29, 0.717) is 0 Å². The molecule has 8 aromatic rings. The monoisotopic (exact) mass is 633 g/mol. The number of thiophene rings is 1. The molecular weight excluding hydrogens is 599 g/mol. The molecule has 7 aromatic carbocycles. The van der Waals surface area contributed by atoms with E-state index >= 15 is 0 Å². The molecule has 48 heavy (non-hydrogen) atoms. The predicted molar refractivity (Wildman–Crippen MR) is 207 cm³/mol. The summed E-state index contributed by atoms with van der Waals surface area (Å²) >= 11 is 1.88. The van der Waals surface area contributed by atoms with Crippen molar-refractivity contribution in [1.29, 1.82) is 0 Å². The van der Waals surface area contributed by atoms with E-state index in [1.54, 1.807) is 0 Å². The largest absolute Gasteiger partial charge is 0.310 e. The number of benzene rings is 7. The van der Waals surface area contributed by atoms with Crippen LogP contribution in [0, 0.1) is 0 Å². The van der Waals surface area contributed by atoms with Crippen LogP contribution in [0.3, 0.4) is 0 Å². The van der Waals surface area contributed by atoms with Gasteiger partial charge in [-0.2, -0.15) is 0 Å². The number of nitrogens with zero attached hydrogens (tertiary/aromatic N) is 1. The normalized spacial score (nSPS) is 15.0. The van der Waals surface area contributed by atoms with Gasteiger partial charge >= 0.3 is 0 Å². The lowest BCUT2D eigenvalue weighted by Gasteiger charge is -2.28. The van der Waals surface area contributed by atoms with Crippen LogP contribution in [0.15, 0.2) is 140 Å². The third-order valence-corrected chi connectivity index (χ3v) is 12.4. The lowest BCUT2D eigenvalue weighted by Crippen LogP contribution is -2.16. The van der Waals surface area contributed by atoms with Crippen molar-refractivity contribution in [2.24, 2.45) is 0 Å². The SMILES string of the molecule is CC1(C)c2ccccc2-c2cc(N(c3ccc4c(c3)-c3cc5ccccc5cc3C4(C)C)c3ccc4c(c3)sc3ccccc34)ccc21. The zero-order chi connectivity index (χ0) is 32.4. The fourth-order valence-electron chi connectivity index (χ4n) is 8.71. The first-order valence-electron chi connectivity index (χ1n) is 16.9. The maximum Gasteiger partial charge on any atom is 0.0476 e. The quantitative estimate of drug-likeness (QED) is 0.187. The topological polar surface area (TPSA) is 3.24 Å². The summed E-state index contributed by atoms with van der Waals surface area (Å²) in [4.78, 5) is 2.48. The van der Waals surface area contributed by atoms with Gasteiger partial charge in [-0.1, -0.05) is 113 Å². The van der Waals surface area contributed by atoms with Crippen LogP contribution < -0.4 is 4.90 Å². The van der Waals surface area contributed by atoms with Crippen molar-refractivity contribution in [2.75, 3.05) is 4.90 Å². The summed E-state index contributed by atoms with van der Waals surface area (Å²) in [6.45, 7) is 9.46. The summed E-state index contributed by atoms with van der Waals surface area (Å²) in [6, 6.07) is 52.6. The molecule has 0 unspecified atom stereocenters. The molecule has 0 aliphatic heterocycles. The van der Waals surface area contributed by atoms with Crippen LogP contribution in [0.5, 0.6) is 0 Å². The molecule has 0 fully saturated rings. The fourth-order valence-corrected chi connectivity index (χ4v) is 9.85. The van der Waals surface area contributed by atoms with Gasteiger partial charge in [0, 0.05) is 48.1 Å². The predicted octanol–water partition coefficient (Wildman–Crippen LogP) is 13.3. The second-order valence-electron chi connectivity index (χ2n) is 14.6. The van der Waals surface area contributed by atoms with Gasteiger partial charge in [-0.15, -0.1) is 11.3 Å². The molecule has 2 aliphatic carbocycles. The number of fused-ring (bicyclic) bond motifs is 10. The standard InChI is InChI=1S/C46H35NS/c1-45(2)39-15-9-7-13-33(39)37-25-30(18-21-40(37)45)47(32-17-20-35-34-14-8-10-16-43(34)48-44(35)27-32)31-19-22-41-38(26-31)36-23-28-11-5-6-12-29(28)24-42(36)46(41,3)4/h5-27H,1-4H3. The lowest BCUT2D eigenvalue weighted by atomic mass is 9.82. The Morgan fingerprint density at radius 3 is 1.69 bits per heavy atom. The lowest BCUT2D eigenvalue weighted by molar-refractivity contribution is 0.660. The highest BCUT2D eigenvalue weighted by Gasteiger charge is 2.37. The van der Waals surface area contributed by atoms with Gasteiger partial charge in [0.25, 0.3) is 0 Å². The molecule has 1 heterocycles. The van der Waals surface area contributed by atoms with E-state index in [1.807, 2.05) is 11.3 Å². The molecule has 0 radical (unpaired) electrons. The molecular formula is C46H35NS. The highest BCUT2D eigenvalue weighted by Crippen LogP contribution is 2.54. The molecule has 2 aliphatic rings. The number of rotatable bonds is 3. The van der Waals surface area contributed by atoms with Crippen LogP contribution in [0.1, 0.15) is 49.9 Å². The first kappa shape index (κ1) is 27.9. The van der Waals surface area contributed by atoms with Gasteiger partial charge < -0.3 is 4.90 Å². The molecule has 2 heteroatoms. The zero-order valence-electron chi connectivity index (χ0n) is 27.6. The van der Waals surface area contributed by atoms with E-state index in [2.05, 4.69) is 172 Å². The van der Waals surface area contributed by atoms with Crippen molar-refractivity contribution < 1.29 is 0 Å². The smallest absolute Gasteiger partial charge is 0.0476 e. The first-order valence-corrected chi connectivity index (χ1v) is 17.7. The maximum absolute atomic E-state index is 2.48. The molecule has 0 saturated heterocycles. The van der Waals surface area contributed by atoms with Gasteiger partial charge in [-0.05, 0) is 110 Å². The van der Waals surface area contributed by atoms with E-state index in [9.17, 15) is 0 Å². The Bertz CT molecular complexity index is 2630. The Morgan fingerprint density at radius 1 is 0.396 bits per heavy atom. The maximum atomic E-state index is 2.48. The summed E-state index contributed by atoms with van der Waals surface area (Å²) < 4.78 is 2.64. The van der Waals surface area contributed by atoms with Crippen molar-refractivity contribution in [2.45, 2.75) is 38.5 Å². The van der Waals surface area contributed by atoms with Gasteiger partial charge in [0.05, 0.1) is 0 Å². The number of hydrogen-bond acceptors (Lipinski definition) is 2. The van der Waals surface area contributed by atoms with E-state index in [4.69, 9.17) is 0 Å². The van der Waals surface area contributed by atoms with Crippen LogP contribution in [0.25, 0.3) is 53.2 Å². The summed E-state index contributed by atoms with van der Waals surface area (Å²) in [6.07, 6.45) is 0. The minimum Gasteiger partial charge on any atom is -0.310 e. The molecule has 1 nitrogen and oxygen atoms in total. The average molecular weight is 634 g/mol. The van der Waals surface area contributed by atoms with Crippen molar-refractivity contribution in [3.05, 3.63) is 162 Å². The summed E-state index contributed by atoms with van der Waals surface area (Å²) in [7, 11) is 0. The third kappa shape index (κ3) is 3.78. The van der Waals surface area contributed by atoms with Crippen molar-refractivity contribution in [3.8, 4) is 22.3 Å². The van der Waals surface area contributed by atoms with Crippen molar-refractivity contribution >= 4 is 59.3 Å². The molecule has 0 atom stereocenters. The summed E-state index contributed by atoms with van der Waals surface area (Å²) in [5.41, 5.74) is 14.4. The Morgan fingerprint density at radius 2 is 0.917 bits per heavy atom. The van der Waals surface area contributed by atoms with Gasteiger partial charge in [0.1, 0.15) is 0 Å². The fraction of sp³-hybridized carbons (Fsp3) is 0.130. The second kappa shape index (κ2) is 9.69. The zero-order valence-corrected chi connectivity index (χ0v) is 28.5. The van der Waals surface area contributed by atoms with Crippen LogP contribution in [-0.2, 0) is 10.8 Å². The van der Waals surface area contributed by atoms with Crippen LogP contribution >= 0.6 is 11.3 Å². The highest BCUT2D eigenvalue weighted by atomic mass is 32.1. The van der Waals surface area contributed by atoms with Crippen LogP contribution in [0.4, 0.5) is 17.1 Å². The number of anilines is 3. The summed E-state index contributed by atoms with van der Waals surface area (Å²) in [5.74, 6) is 0. The van der Waals surface area contributed by atoms with Crippen molar-refractivity contribution in [3.63, 3.8) is 0 Å². The van der Waals surface area contributed by atoms with Gasteiger partial charge in [0.15, 0.2) is 0 Å². The molecule has 1 aromatic heterocycles. The Kier molecular flexibility index (Phi) is 5.63. The van der Waals surface area contributed by atoms with E-state index in [1.165, 1.54) is 92.5 Å². The molecule has 230 valence electrons. The first-order chi connectivity index (χ1) is 23.3. The molecule has 0 N–H and O–H groups in total. The van der Waals surface area contributed by atoms with Crippen LogP contribution in [0.2, 0.25) is 0 Å². The second-order valence-corrected chi connectivity index (χ2v) is 15.7. The summed E-state index contributed by atoms with van der Waals surface area (Å²) in [5, 5.41) is 5.24. The van der Waals surface area contributed by atoms with E-state index in [0.717, 1.165) is 0 Å².